The third kappa shape index (κ3) is 7.15. The van der Waals surface area contributed by atoms with Crippen LogP contribution in [0.5, 0.6) is 0 Å². The molecule has 3 heterocycles. The quantitative estimate of drug-likeness (QED) is 0.117. The minimum atomic E-state index is -2.18. The molecule has 2 aliphatic rings. The molecule has 2 fully saturated rings. The number of hydrogen-bond acceptors (Lipinski definition) is 7. The van der Waals surface area contributed by atoms with Gasteiger partial charge in [0.1, 0.15) is 18.2 Å². The van der Waals surface area contributed by atoms with E-state index in [0.717, 1.165) is 12.8 Å². The Labute approximate surface area is 261 Å². The zero-order valence-electron chi connectivity index (χ0n) is 28.5. The summed E-state index contributed by atoms with van der Waals surface area (Å²) >= 11 is 0. The van der Waals surface area contributed by atoms with Crippen LogP contribution in [0.2, 0.25) is 16.6 Å². The van der Waals surface area contributed by atoms with E-state index >= 15 is 0 Å². The highest BCUT2D eigenvalue weighted by atomic mass is 28.4. The average Bonchev–Trinajstić information content (AvgIpc) is 3.51. The van der Waals surface area contributed by atoms with Crippen LogP contribution in [0.15, 0.2) is 28.4 Å². The van der Waals surface area contributed by atoms with Gasteiger partial charge in [-0.05, 0) is 68.4 Å². The molecule has 1 aromatic rings. The molecule has 3 rings (SSSR count). The molecule has 4 atom stereocenters. The smallest absolute Gasteiger partial charge is 0.411 e. The van der Waals surface area contributed by atoms with Crippen LogP contribution in [-0.4, -0.2) is 68.9 Å². The van der Waals surface area contributed by atoms with E-state index in [1.165, 1.54) is 0 Å². The maximum atomic E-state index is 14.7. The monoisotopic (exact) mass is 619 g/mol. The molecule has 0 spiro atoms. The first-order valence-electron chi connectivity index (χ1n) is 16.2. The lowest BCUT2D eigenvalue weighted by molar-refractivity contribution is -0.146. The second-order valence-corrected chi connectivity index (χ2v) is 19.7. The first-order chi connectivity index (χ1) is 20.2. The van der Waals surface area contributed by atoms with Crippen LogP contribution in [0.3, 0.4) is 0 Å². The molecule has 0 unspecified atom stereocenters. The van der Waals surface area contributed by atoms with Crippen molar-refractivity contribution in [2.75, 3.05) is 20.5 Å². The molecule has 1 aromatic heterocycles. The van der Waals surface area contributed by atoms with Crippen LogP contribution in [0.1, 0.15) is 107 Å². The number of piperidine rings is 1. The Morgan fingerprint density at radius 2 is 1.81 bits per heavy atom. The Kier molecular flexibility index (Phi) is 11.9. The lowest BCUT2D eigenvalue weighted by Gasteiger charge is -2.51. The lowest BCUT2D eigenvalue weighted by Crippen LogP contribution is -2.66. The Hall–Kier alpha value is -1.94. The Balaban J connectivity index is 2.18. The fourth-order valence-corrected chi connectivity index (χ4v) is 13.5. The van der Waals surface area contributed by atoms with Gasteiger partial charge < -0.3 is 23.1 Å². The van der Waals surface area contributed by atoms with Gasteiger partial charge in [-0.3, -0.25) is 9.69 Å². The largest absolute Gasteiger partial charge is 0.465 e. The van der Waals surface area contributed by atoms with Crippen LogP contribution in [0.25, 0.3) is 6.08 Å². The molecule has 0 radical (unpaired) electrons. The van der Waals surface area contributed by atoms with E-state index in [9.17, 15) is 9.59 Å². The summed E-state index contributed by atoms with van der Waals surface area (Å²) in [4.78, 5) is 30.7. The van der Waals surface area contributed by atoms with Gasteiger partial charge in [-0.2, -0.15) is 0 Å². The van der Waals surface area contributed by atoms with Gasteiger partial charge in [0.25, 0.3) is 0 Å². The summed E-state index contributed by atoms with van der Waals surface area (Å²) in [6, 6.07) is 3.13. The van der Waals surface area contributed by atoms with E-state index in [1.54, 1.807) is 25.5 Å². The van der Waals surface area contributed by atoms with E-state index in [-0.39, 0.29) is 12.6 Å². The number of methoxy groups -OCH3 is 1. The predicted molar refractivity (Wildman–Crippen MR) is 172 cm³/mol. The number of amides is 1. The maximum absolute atomic E-state index is 14.7. The molecule has 0 aromatic carbocycles. The number of ketones is 1. The highest BCUT2D eigenvalue weighted by molar-refractivity contribution is 6.77. The van der Waals surface area contributed by atoms with Gasteiger partial charge in [0.2, 0.25) is 0 Å². The summed E-state index contributed by atoms with van der Waals surface area (Å²) in [5.41, 5.74) is 0.231. The number of carbonyl (C=O) groups excluding carboxylic acids is 2. The van der Waals surface area contributed by atoms with Crippen molar-refractivity contribution in [3.8, 4) is 0 Å². The fourth-order valence-electron chi connectivity index (χ4n) is 8.02. The summed E-state index contributed by atoms with van der Waals surface area (Å²) in [7, 11) is -0.585. The predicted octanol–water partition coefficient (Wildman–Crippen LogP) is 8.37. The van der Waals surface area contributed by atoms with Gasteiger partial charge in [0.05, 0.1) is 29.9 Å². The van der Waals surface area contributed by atoms with Crippen LogP contribution < -0.4 is 0 Å². The number of unbranched alkanes of at least 4 members (excludes halogenated alkanes) is 1. The van der Waals surface area contributed by atoms with Crippen molar-refractivity contribution in [2.24, 2.45) is 5.92 Å². The summed E-state index contributed by atoms with van der Waals surface area (Å²) in [6.07, 6.45) is 5.91. The number of hydrogen-bond donors (Lipinski definition) is 0. The topological polar surface area (TPSA) is 87.4 Å². The molecule has 0 aliphatic carbocycles. The molecule has 2 bridgehead atoms. The number of Topliss-reactive ketones (excluding diaryl/α,β-unsaturated/α-hetero) is 1. The van der Waals surface area contributed by atoms with Gasteiger partial charge >= 0.3 is 6.09 Å². The molecular formula is C34H57NO7Si. The van der Waals surface area contributed by atoms with E-state index in [4.69, 9.17) is 23.1 Å². The normalized spacial score (nSPS) is 25.5. The van der Waals surface area contributed by atoms with Gasteiger partial charge in [-0.15, -0.1) is 0 Å². The molecule has 43 heavy (non-hydrogen) atoms. The van der Waals surface area contributed by atoms with Crippen molar-refractivity contribution >= 4 is 26.3 Å². The average molecular weight is 620 g/mol. The molecular weight excluding hydrogens is 562 g/mol. The number of rotatable bonds is 14. The van der Waals surface area contributed by atoms with Crippen LogP contribution in [0.4, 0.5) is 4.79 Å². The second-order valence-electron chi connectivity index (χ2n) is 14.2. The molecule has 0 saturated carbocycles. The van der Waals surface area contributed by atoms with Crippen LogP contribution in [0, 0.1) is 5.92 Å². The summed E-state index contributed by atoms with van der Waals surface area (Å²) in [5, 5.41) is 0. The van der Waals surface area contributed by atoms with E-state index in [1.807, 2.05) is 31.7 Å². The summed E-state index contributed by atoms with van der Waals surface area (Å²) in [5.74, 6) is 0.0811. The minimum Gasteiger partial charge on any atom is -0.465 e. The highest BCUT2D eigenvalue weighted by Crippen LogP contribution is 2.54. The first kappa shape index (κ1) is 35.5. The number of ether oxygens (including phenoxy) is 3. The van der Waals surface area contributed by atoms with Crippen molar-refractivity contribution in [3.63, 3.8) is 0 Å². The van der Waals surface area contributed by atoms with Gasteiger partial charge in [-0.1, -0.05) is 61.3 Å². The zero-order valence-corrected chi connectivity index (χ0v) is 29.5. The van der Waals surface area contributed by atoms with E-state index in [2.05, 4.69) is 48.5 Å². The molecule has 9 heteroatoms. The Morgan fingerprint density at radius 1 is 1.16 bits per heavy atom. The lowest BCUT2D eigenvalue weighted by atomic mass is 9.70. The SMILES string of the molecule is CCCC[C@@]12[C@@H](OCOC)C[C@@H](C(=Cc3ccco3)C(=O)[C@@H]1CCO[Si](C(C)C)(C(C)C)C(C)C)N2C(=O)OC(C)(C)C. The van der Waals surface area contributed by atoms with Crippen molar-refractivity contribution in [3.05, 3.63) is 29.7 Å². The molecule has 1 amide bonds. The molecule has 2 saturated heterocycles. The second kappa shape index (κ2) is 14.4. The van der Waals surface area contributed by atoms with Crippen molar-refractivity contribution < 1.29 is 32.6 Å². The van der Waals surface area contributed by atoms with Crippen molar-refractivity contribution in [2.45, 2.75) is 141 Å². The number of nitrogens with zero attached hydrogens (tertiary/aromatic N) is 1. The maximum Gasteiger partial charge on any atom is 0.411 e. The summed E-state index contributed by atoms with van der Waals surface area (Å²) < 4.78 is 30.5. The summed E-state index contributed by atoms with van der Waals surface area (Å²) in [6.45, 7) is 21.9. The number of carbonyl (C=O) groups is 2. The first-order valence-corrected chi connectivity index (χ1v) is 18.4. The van der Waals surface area contributed by atoms with Gasteiger partial charge in [0.15, 0.2) is 14.1 Å². The van der Waals surface area contributed by atoms with Gasteiger partial charge in [-0.25, -0.2) is 4.79 Å². The van der Waals surface area contributed by atoms with Crippen molar-refractivity contribution in [1.82, 2.24) is 4.90 Å². The molecule has 244 valence electrons. The van der Waals surface area contributed by atoms with E-state index in [0.29, 0.717) is 53.8 Å². The van der Waals surface area contributed by atoms with Crippen LogP contribution >= 0.6 is 0 Å². The molecule has 8 nitrogen and oxygen atoms in total. The highest BCUT2D eigenvalue weighted by Gasteiger charge is 2.67. The van der Waals surface area contributed by atoms with Gasteiger partial charge in [0, 0.05) is 25.7 Å². The Bertz CT molecular complexity index is 1070. The number of furan rings is 1. The third-order valence-electron chi connectivity index (χ3n) is 9.53. The standard InChI is InChI=1S/C34H57NO7Si/c1-12-13-17-34-28(16-19-41-43(23(2)3,24(4)5)25(6)7)31(36)27(20-26-15-14-18-39-26)29(21-30(34)40-22-38-11)35(34)32(37)42-33(8,9)10/h14-15,18,20,23-25,28-30H,12-13,16-17,19,21-22H2,1-11H3/t28-,29-,30-,34-/m0/s1. The molecule has 2 aliphatic heterocycles. The molecule has 0 N–H and O–H groups in total. The minimum absolute atomic E-state index is 0.0373. The Morgan fingerprint density at radius 3 is 2.33 bits per heavy atom. The third-order valence-corrected chi connectivity index (χ3v) is 15.7. The number of fused-ring (bicyclic) bond motifs is 2. The van der Waals surface area contributed by atoms with Crippen LogP contribution in [-0.2, 0) is 23.4 Å². The van der Waals surface area contributed by atoms with E-state index < -0.39 is 43.6 Å². The van der Waals surface area contributed by atoms with Crippen molar-refractivity contribution in [1.29, 1.82) is 0 Å². The zero-order chi connectivity index (χ0) is 32.2. The fraction of sp³-hybridized carbons (Fsp3) is 0.765.